The van der Waals surface area contributed by atoms with E-state index in [9.17, 15) is 0 Å². The van der Waals surface area contributed by atoms with Gasteiger partial charge in [0, 0.05) is 17.5 Å². The van der Waals surface area contributed by atoms with Gasteiger partial charge in [-0.3, -0.25) is 4.90 Å². The molecule has 0 aliphatic rings. The summed E-state index contributed by atoms with van der Waals surface area (Å²) in [7, 11) is 3.17. The number of ether oxygens (including phenoxy) is 2. The average Bonchev–Trinajstić information content (AvgIpc) is 2.62. The van der Waals surface area contributed by atoms with E-state index >= 15 is 0 Å². The van der Waals surface area contributed by atoms with Crippen LogP contribution >= 0.6 is 0 Å². The highest BCUT2D eigenvalue weighted by atomic mass is 16.5. The van der Waals surface area contributed by atoms with Crippen molar-refractivity contribution in [3.63, 3.8) is 0 Å². The van der Waals surface area contributed by atoms with Crippen LogP contribution in [0.25, 0.3) is 10.9 Å². The van der Waals surface area contributed by atoms with E-state index in [1.807, 2.05) is 36.4 Å². The van der Waals surface area contributed by atoms with Gasteiger partial charge in [0.15, 0.2) is 17.3 Å². The van der Waals surface area contributed by atoms with Crippen LogP contribution in [0.3, 0.4) is 0 Å². The van der Waals surface area contributed by atoms with Crippen molar-refractivity contribution in [3.05, 3.63) is 48.8 Å². The van der Waals surface area contributed by atoms with Crippen LogP contribution in [0.1, 0.15) is 0 Å². The standard InChI is InChI=1S/C18H15N3O2/c1-4-21(13-8-6-5-7-9-13)18-14-10-16(22-2)17(23-3)11-15(14)19-12-20-18/h1,5-12H,2-3H3. The molecule has 1 aromatic heterocycles. The summed E-state index contributed by atoms with van der Waals surface area (Å²) in [6, 6.07) is 15.9. The van der Waals surface area contributed by atoms with Gasteiger partial charge in [0.1, 0.15) is 6.33 Å². The number of aromatic nitrogens is 2. The third-order valence-electron chi connectivity index (χ3n) is 3.47. The van der Waals surface area contributed by atoms with E-state index in [2.05, 4.69) is 16.0 Å². The van der Waals surface area contributed by atoms with Crippen LogP contribution in [-0.2, 0) is 0 Å². The fourth-order valence-electron chi connectivity index (χ4n) is 2.38. The van der Waals surface area contributed by atoms with Crippen molar-refractivity contribution in [2.24, 2.45) is 0 Å². The Morgan fingerprint density at radius 3 is 2.35 bits per heavy atom. The minimum Gasteiger partial charge on any atom is -0.493 e. The highest BCUT2D eigenvalue weighted by molar-refractivity contribution is 5.94. The first-order chi connectivity index (χ1) is 11.3. The van der Waals surface area contributed by atoms with Gasteiger partial charge in [0.05, 0.1) is 25.4 Å². The van der Waals surface area contributed by atoms with Crippen LogP contribution < -0.4 is 14.4 Å². The van der Waals surface area contributed by atoms with Gasteiger partial charge in [-0.2, -0.15) is 0 Å². The summed E-state index contributed by atoms with van der Waals surface area (Å²) in [6.07, 6.45) is 7.20. The molecule has 2 aromatic carbocycles. The van der Waals surface area contributed by atoms with Crippen molar-refractivity contribution in [3.8, 4) is 24.0 Å². The molecule has 0 unspecified atom stereocenters. The number of terminal acetylenes is 1. The Balaban J connectivity index is 2.23. The molecule has 1 heterocycles. The van der Waals surface area contributed by atoms with Gasteiger partial charge >= 0.3 is 0 Å². The van der Waals surface area contributed by atoms with Crippen molar-refractivity contribution in [1.29, 1.82) is 0 Å². The lowest BCUT2D eigenvalue weighted by Crippen LogP contribution is -2.11. The van der Waals surface area contributed by atoms with E-state index in [0.717, 1.165) is 16.6 Å². The second-order valence-corrected chi connectivity index (χ2v) is 4.72. The number of hydrogen-bond acceptors (Lipinski definition) is 5. The van der Waals surface area contributed by atoms with Crippen LogP contribution in [0.4, 0.5) is 11.5 Å². The van der Waals surface area contributed by atoms with Crippen LogP contribution in [0.15, 0.2) is 48.8 Å². The van der Waals surface area contributed by atoms with Crippen LogP contribution in [0.2, 0.25) is 0 Å². The molecule has 0 fully saturated rings. The van der Waals surface area contributed by atoms with E-state index in [4.69, 9.17) is 15.9 Å². The molecule has 0 amide bonds. The van der Waals surface area contributed by atoms with Gasteiger partial charge in [0.25, 0.3) is 0 Å². The lowest BCUT2D eigenvalue weighted by molar-refractivity contribution is 0.356. The van der Waals surface area contributed by atoms with Gasteiger partial charge in [-0.05, 0) is 18.2 Å². The van der Waals surface area contributed by atoms with Crippen LogP contribution in [0, 0.1) is 12.5 Å². The minimum absolute atomic E-state index is 0.598. The topological polar surface area (TPSA) is 47.5 Å². The van der Waals surface area contributed by atoms with Gasteiger partial charge in [-0.25, -0.2) is 9.97 Å². The van der Waals surface area contributed by atoms with Gasteiger partial charge in [-0.15, -0.1) is 0 Å². The number of benzene rings is 2. The van der Waals surface area contributed by atoms with Crippen LogP contribution in [0.5, 0.6) is 11.5 Å². The summed E-state index contributed by atoms with van der Waals surface area (Å²) < 4.78 is 10.7. The molecule has 23 heavy (non-hydrogen) atoms. The van der Waals surface area contributed by atoms with E-state index in [-0.39, 0.29) is 0 Å². The van der Waals surface area contributed by atoms with Crippen molar-refractivity contribution in [1.82, 2.24) is 9.97 Å². The Morgan fingerprint density at radius 2 is 1.70 bits per heavy atom. The molecule has 3 aromatic rings. The summed E-state index contributed by atoms with van der Waals surface area (Å²) in [6.45, 7) is 0. The summed E-state index contributed by atoms with van der Waals surface area (Å²) >= 11 is 0. The zero-order valence-corrected chi connectivity index (χ0v) is 12.9. The van der Waals surface area contributed by atoms with E-state index in [1.54, 1.807) is 25.2 Å². The number of nitrogens with zero attached hydrogens (tertiary/aromatic N) is 3. The molecule has 0 spiro atoms. The fraction of sp³-hybridized carbons (Fsp3) is 0.111. The summed E-state index contributed by atoms with van der Waals surface area (Å²) in [5.41, 5.74) is 1.58. The van der Waals surface area contributed by atoms with Gasteiger partial charge in [-0.1, -0.05) is 24.6 Å². The smallest absolute Gasteiger partial charge is 0.162 e. The Bertz CT molecular complexity index is 873. The number of rotatable bonds is 4. The Hall–Kier alpha value is -3.26. The minimum atomic E-state index is 0.598. The van der Waals surface area contributed by atoms with Crippen molar-refractivity contribution >= 4 is 22.4 Å². The molecule has 0 N–H and O–H groups in total. The number of anilines is 2. The molecule has 0 aliphatic heterocycles. The summed E-state index contributed by atoms with van der Waals surface area (Å²) in [4.78, 5) is 10.3. The van der Waals surface area contributed by atoms with Gasteiger partial charge < -0.3 is 9.47 Å². The second kappa shape index (κ2) is 6.24. The molecule has 5 heteroatoms. The normalized spacial score (nSPS) is 10.1. The molecular weight excluding hydrogens is 290 g/mol. The molecule has 0 radical (unpaired) electrons. The van der Waals surface area contributed by atoms with Crippen molar-refractivity contribution < 1.29 is 9.47 Å². The Labute approximate surface area is 134 Å². The maximum atomic E-state index is 5.71. The Kier molecular flexibility index (Phi) is 3.98. The summed E-state index contributed by atoms with van der Waals surface area (Å²) in [5, 5.41) is 0.784. The predicted molar refractivity (Wildman–Crippen MR) is 90.1 cm³/mol. The highest BCUT2D eigenvalue weighted by Crippen LogP contribution is 2.36. The monoisotopic (exact) mass is 305 g/mol. The van der Waals surface area contributed by atoms with E-state index in [1.165, 1.54) is 6.33 Å². The van der Waals surface area contributed by atoms with Crippen LogP contribution in [-0.4, -0.2) is 24.2 Å². The SMILES string of the molecule is C#CN(c1ccccc1)c1ncnc2cc(OC)c(OC)cc12. The number of hydrogen-bond donors (Lipinski definition) is 0. The lowest BCUT2D eigenvalue weighted by Gasteiger charge is -2.18. The lowest BCUT2D eigenvalue weighted by atomic mass is 10.2. The number of methoxy groups -OCH3 is 2. The molecule has 0 bridgehead atoms. The molecule has 0 saturated carbocycles. The Morgan fingerprint density at radius 1 is 1.00 bits per heavy atom. The van der Waals surface area contributed by atoms with Crippen molar-refractivity contribution in [2.45, 2.75) is 0 Å². The van der Waals surface area contributed by atoms with Gasteiger partial charge in [0.2, 0.25) is 0 Å². The second-order valence-electron chi connectivity index (χ2n) is 4.72. The third kappa shape index (κ3) is 2.62. The third-order valence-corrected chi connectivity index (χ3v) is 3.47. The summed E-state index contributed by atoms with van der Waals surface area (Å²) in [5.74, 6) is 1.82. The quantitative estimate of drug-likeness (QED) is 0.546. The molecule has 3 rings (SSSR count). The molecule has 5 nitrogen and oxygen atoms in total. The average molecular weight is 305 g/mol. The maximum Gasteiger partial charge on any atom is 0.162 e. The van der Waals surface area contributed by atoms with E-state index < -0.39 is 0 Å². The first-order valence-corrected chi connectivity index (χ1v) is 6.96. The predicted octanol–water partition coefficient (Wildman–Crippen LogP) is 3.38. The highest BCUT2D eigenvalue weighted by Gasteiger charge is 2.15. The zero-order valence-electron chi connectivity index (χ0n) is 12.9. The fourth-order valence-corrected chi connectivity index (χ4v) is 2.38. The van der Waals surface area contributed by atoms with E-state index in [0.29, 0.717) is 17.3 Å². The first-order valence-electron chi connectivity index (χ1n) is 6.96. The molecule has 114 valence electrons. The first kappa shape index (κ1) is 14.7. The molecule has 0 atom stereocenters. The molecule has 0 aliphatic carbocycles. The zero-order chi connectivity index (χ0) is 16.2. The molecular formula is C18H15N3O2. The largest absolute Gasteiger partial charge is 0.493 e. The molecule has 0 saturated heterocycles. The van der Waals surface area contributed by atoms with Crippen molar-refractivity contribution in [2.75, 3.05) is 19.1 Å². The number of fused-ring (bicyclic) bond motifs is 1. The number of para-hydroxylation sites is 1. The maximum absolute atomic E-state index is 5.71.